The van der Waals surface area contributed by atoms with Crippen molar-refractivity contribution in [2.45, 2.75) is 12.8 Å². The molecule has 0 unspecified atom stereocenters. The Kier molecular flexibility index (Phi) is 6.56. The summed E-state index contributed by atoms with van der Waals surface area (Å²) in [6, 6.07) is 16.2. The first-order valence-electron chi connectivity index (χ1n) is 8.50. The molecule has 0 aliphatic carbocycles. The molecular weight excluding hydrogens is 320 g/mol. The molecule has 0 saturated carbocycles. The van der Waals surface area contributed by atoms with Gasteiger partial charge in [0.15, 0.2) is 0 Å². The molecule has 4 rings (SSSR count). The molecule has 0 atom stereocenters. The molecule has 0 aliphatic rings. The second kappa shape index (κ2) is 9.79. The highest BCUT2D eigenvalue weighted by atomic mass is 14.6. The second-order valence-electron chi connectivity index (χ2n) is 5.68. The normalized spacial score (nSPS) is 9.85. The van der Waals surface area contributed by atoms with Crippen LogP contribution in [0.1, 0.15) is 11.1 Å². The van der Waals surface area contributed by atoms with Gasteiger partial charge >= 0.3 is 0 Å². The topological polar surface area (TPSA) is 51.6 Å². The van der Waals surface area contributed by atoms with Crippen LogP contribution >= 0.6 is 0 Å². The molecule has 0 radical (unpaired) electrons. The van der Waals surface area contributed by atoms with Crippen molar-refractivity contribution in [3.05, 3.63) is 109 Å². The van der Waals surface area contributed by atoms with Crippen molar-refractivity contribution in [2.24, 2.45) is 0 Å². The van der Waals surface area contributed by atoms with Crippen molar-refractivity contribution in [1.82, 2.24) is 19.9 Å². The summed E-state index contributed by atoms with van der Waals surface area (Å²) in [6.07, 6.45) is 16.6. The number of pyridine rings is 4. The summed E-state index contributed by atoms with van der Waals surface area (Å²) in [5.41, 5.74) is 5.01. The molecule has 4 aromatic heterocycles. The monoisotopic (exact) mass is 340 g/mol. The maximum atomic E-state index is 3.99. The van der Waals surface area contributed by atoms with Gasteiger partial charge in [0.1, 0.15) is 0 Å². The van der Waals surface area contributed by atoms with Crippen molar-refractivity contribution >= 4 is 0 Å². The molecule has 4 aromatic rings. The Morgan fingerprint density at radius 1 is 0.385 bits per heavy atom. The van der Waals surface area contributed by atoms with Gasteiger partial charge in [-0.2, -0.15) is 0 Å². The van der Waals surface area contributed by atoms with E-state index in [1.807, 2.05) is 49.1 Å². The molecule has 0 spiro atoms. The van der Waals surface area contributed by atoms with Gasteiger partial charge in [-0.05, 0) is 83.6 Å². The summed E-state index contributed by atoms with van der Waals surface area (Å²) >= 11 is 0. The van der Waals surface area contributed by atoms with Crippen molar-refractivity contribution in [1.29, 1.82) is 0 Å². The van der Waals surface area contributed by atoms with Gasteiger partial charge in [0.2, 0.25) is 0 Å². The van der Waals surface area contributed by atoms with E-state index >= 15 is 0 Å². The Hall–Kier alpha value is -3.40. The summed E-state index contributed by atoms with van der Waals surface area (Å²) in [5, 5.41) is 0. The van der Waals surface area contributed by atoms with Gasteiger partial charge < -0.3 is 0 Å². The van der Waals surface area contributed by atoms with Crippen LogP contribution in [0.3, 0.4) is 0 Å². The minimum Gasteiger partial charge on any atom is -0.265 e. The Bertz CT molecular complexity index is 790. The predicted octanol–water partition coefficient (Wildman–Crippen LogP) is 4.41. The van der Waals surface area contributed by atoms with Gasteiger partial charge in [0.05, 0.1) is 0 Å². The first kappa shape index (κ1) is 17.4. The Morgan fingerprint density at radius 3 is 0.962 bits per heavy atom. The molecule has 4 nitrogen and oxygen atoms in total. The zero-order chi connectivity index (χ0) is 17.9. The molecule has 0 fully saturated rings. The van der Waals surface area contributed by atoms with Crippen LogP contribution in [0.25, 0.3) is 11.1 Å². The van der Waals surface area contributed by atoms with Gasteiger partial charge in [-0.1, -0.05) is 0 Å². The third-order valence-electron chi connectivity index (χ3n) is 3.90. The molecule has 0 aliphatic heterocycles. The fourth-order valence-corrected chi connectivity index (χ4v) is 2.48. The summed E-state index contributed by atoms with van der Waals surface area (Å²) in [4.78, 5) is 15.9. The highest BCUT2D eigenvalue weighted by Gasteiger charge is 1.94. The van der Waals surface area contributed by atoms with E-state index in [4.69, 9.17) is 0 Å². The summed E-state index contributed by atoms with van der Waals surface area (Å²) < 4.78 is 0. The number of rotatable bonds is 4. The lowest BCUT2D eigenvalue weighted by atomic mass is 10.1. The van der Waals surface area contributed by atoms with E-state index in [9.17, 15) is 0 Å². The van der Waals surface area contributed by atoms with E-state index in [0.717, 1.165) is 12.8 Å². The van der Waals surface area contributed by atoms with Gasteiger partial charge in [0.25, 0.3) is 0 Å². The minimum absolute atomic E-state index is 1.06. The zero-order valence-corrected chi connectivity index (χ0v) is 14.4. The van der Waals surface area contributed by atoms with Crippen LogP contribution in [0, 0.1) is 0 Å². The molecule has 4 heteroatoms. The van der Waals surface area contributed by atoms with E-state index in [2.05, 4.69) is 44.2 Å². The maximum Gasteiger partial charge on any atom is 0.0273 e. The Labute approximate surface area is 153 Å². The smallest absolute Gasteiger partial charge is 0.0273 e. The summed E-state index contributed by atoms with van der Waals surface area (Å²) in [7, 11) is 0. The molecule has 0 amide bonds. The molecule has 0 bridgehead atoms. The highest BCUT2D eigenvalue weighted by Crippen LogP contribution is 2.15. The van der Waals surface area contributed by atoms with Crippen molar-refractivity contribution in [2.75, 3.05) is 0 Å². The fraction of sp³-hybridized carbons (Fsp3) is 0.0909. The first-order valence-corrected chi connectivity index (χ1v) is 8.50. The lowest BCUT2D eigenvalue weighted by Crippen LogP contribution is -1.91. The quantitative estimate of drug-likeness (QED) is 0.552. The minimum atomic E-state index is 1.06. The molecule has 4 heterocycles. The van der Waals surface area contributed by atoms with Crippen LogP contribution < -0.4 is 0 Å². The van der Waals surface area contributed by atoms with Crippen LogP contribution in [0.5, 0.6) is 0 Å². The number of hydrogen-bond acceptors (Lipinski definition) is 4. The molecule has 0 saturated heterocycles. The lowest BCUT2D eigenvalue weighted by molar-refractivity contribution is 0.951. The average molecular weight is 340 g/mol. The van der Waals surface area contributed by atoms with Gasteiger partial charge in [-0.25, -0.2) is 0 Å². The van der Waals surface area contributed by atoms with Gasteiger partial charge in [-0.3, -0.25) is 19.9 Å². The van der Waals surface area contributed by atoms with E-state index < -0.39 is 0 Å². The Balaban J connectivity index is 0.000000152. The van der Waals surface area contributed by atoms with Crippen LogP contribution in [0.15, 0.2) is 98.1 Å². The average Bonchev–Trinajstić information content (AvgIpc) is 2.75. The van der Waals surface area contributed by atoms with E-state index in [1.165, 1.54) is 22.3 Å². The predicted molar refractivity (Wildman–Crippen MR) is 103 cm³/mol. The third kappa shape index (κ3) is 5.60. The maximum absolute atomic E-state index is 3.99. The van der Waals surface area contributed by atoms with Crippen LogP contribution in [-0.4, -0.2) is 19.9 Å². The Morgan fingerprint density at radius 2 is 0.654 bits per heavy atom. The van der Waals surface area contributed by atoms with E-state index in [-0.39, 0.29) is 0 Å². The molecular formula is C22H20N4. The number of nitrogens with zero attached hydrogens (tertiary/aromatic N) is 4. The summed E-state index contributed by atoms with van der Waals surface area (Å²) in [5.74, 6) is 0. The zero-order valence-electron chi connectivity index (χ0n) is 14.4. The largest absolute Gasteiger partial charge is 0.265 e. The van der Waals surface area contributed by atoms with Gasteiger partial charge in [0, 0.05) is 49.6 Å². The van der Waals surface area contributed by atoms with Gasteiger partial charge in [-0.15, -0.1) is 0 Å². The fourth-order valence-electron chi connectivity index (χ4n) is 2.48. The second-order valence-corrected chi connectivity index (χ2v) is 5.68. The first-order chi connectivity index (χ1) is 12.9. The van der Waals surface area contributed by atoms with Crippen molar-refractivity contribution in [3.63, 3.8) is 0 Å². The molecule has 26 heavy (non-hydrogen) atoms. The van der Waals surface area contributed by atoms with Crippen molar-refractivity contribution in [3.8, 4) is 11.1 Å². The van der Waals surface area contributed by atoms with E-state index in [1.54, 1.807) is 24.8 Å². The molecule has 0 N–H and O–H groups in total. The number of aryl methyl sites for hydroxylation is 2. The molecule has 0 aromatic carbocycles. The molecule has 128 valence electrons. The standard InChI is InChI=1S/C12H12N2.C10H8N2/c1(11-3-7-13-8-4-11)2-12-5-9-14-10-6-12;1-5-11-6-2-9(1)10-3-7-12-8-4-10/h3-10H,1-2H2;1-8H. The van der Waals surface area contributed by atoms with E-state index in [0.29, 0.717) is 0 Å². The van der Waals surface area contributed by atoms with Crippen LogP contribution in [0.4, 0.5) is 0 Å². The van der Waals surface area contributed by atoms with Crippen molar-refractivity contribution < 1.29 is 0 Å². The highest BCUT2D eigenvalue weighted by molar-refractivity contribution is 5.61. The SMILES string of the molecule is c1cc(-c2ccncc2)ccn1.c1cc(CCc2ccncc2)ccn1. The van der Waals surface area contributed by atoms with Crippen LogP contribution in [-0.2, 0) is 12.8 Å². The summed E-state index contributed by atoms with van der Waals surface area (Å²) in [6.45, 7) is 0. The lowest BCUT2D eigenvalue weighted by Gasteiger charge is -2.00. The number of aromatic nitrogens is 4. The third-order valence-corrected chi connectivity index (χ3v) is 3.90. The number of hydrogen-bond donors (Lipinski definition) is 0. The van der Waals surface area contributed by atoms with Crippen LogP contribution in [0.2, 0.25) is 0 Å².